The summed E-state index contributed by atoms with van der Waals surface area (Å²) in [7, 11) is 0. The van der Waals surface area contributed by atoms with E-state index in [-0.39, 0.29) is 23.8 Å². The number of hydrogen-bond donors (Lipinski definition) is 2. The fourth-order valence-corrected chi connectivity index (χ4v) is 4.40. The molecular weight excluding hydrogens is 386 g/mol. The largest absolute Gasteiger partial charge is 0.371 e. The number of hydrogen-bond acceptors (Lipinski definition) is 3. The van der Waals surface area contributed by atoms with E-state index in [0.717, 1.165) is 44.5 Å². The molecule has 2 aromatic carbocycles. The van der Waals surface area contributed by atoms with Gasteiger partial charge in [0.2, 0.25) is 5.91 Å². The number of rotatable bonds is 7. The molecule has 1 aliphatic heterocycles. The molecule has 0 bridgehead atoms. The van der Waals surface area contributed by atoms with Crippen molar-refractivity contribution in [1.82, 2.24) is 5.32 Å². The van der Waals surface area contributed by atoms with Crippen molar-refractivity contribution in [1.29, 1.82) is 0 Å². The third-order valence-corrected chi connectivity index (χ3v) is 6.55. The molecule has 4 rings (SSSR count). The molecular formula is C26H33N3O2. The summed E-state index contributed by atoms with van der Waals surface area (Å²) in [4.78, 5) is 28.2. The molecule has 2 amide bonds. The van der Waals surface area contributed by atoms with Gasteiger partial charge in [0, 0.05) is 36.4 Å². The van der Waals surface area contributed by atoms with E-state index in [1.54, 1.807) is 0 Å². The van der Waals surface area contributed by atoms with Gasteiger partial charge >= 0.3 is 0 Å². The first-order valence-electron chi connectivity index (χ1n) is 11.6. The van der Waals surface area contributed by atoms with Crippen molar-refractivity contribution in [3.8, 4) is 0 Å². The van der Waals surface area contributed by atoms with E-state index in [4.69, 9.17) is 0 Å². The highest BCUT2D eigenvalue weighted by atomic mass is 16.2. The highest BCUT2D eigenvalue weighted by Gasteiger charge is 2.43. The summed E-state index contributed by atoms with van der Waals surface area (Å²) in [5.41, 5.74) is 3.53. The Kier molecular flexibility index (Phi) is 6.59. The van der Waals surface area contributed by atoms with Crippen molar-refractivity contribution >= 4 is 23.2 Å². The number of anilines is 2. The van der Waals surface area contributed by atoms with Gasteiger partial charge in [-0.3, -0.25) is 9.59 Å². The molecule has 0 radical (unpaired) electrons. The van der Waals surface area contributed by atoms with Crippen LogP contribution >= 0.6 is 0 Å². The van der Waals surface area contributed by atoms with Crippen molar-refractivity contribution in [2.24, 2.45) is 5.92 Å². The average molecular weight is 420 g/mol. The number of benzene rings is 2. The minimum Gasteiger partial charge on any atom is -0.371 e. The Labute approximate surface area is 185 Å². The number of piperidine rings is 1. The monoisotopic (exact) mass is 419 g/mol. The Hall–Kier alpha value is -2.82. The highest BCUT2D eigenvalue weighted by Crippen LogP contribution is 2.48. The molecule has 2 aliphatic rings. The van der Waals surface area contributed by atoms with E-state index in [1.165, 1.54) is 12.0 Å². The Morgan fingerprint density at radius 2 is 1.81 bits per heavy atom. The van der Waals surface area contributed by atoms with Crippen LogP contribution in [0.4, 0.5) is 11.4 Å². The summed E-state index contributed by atoms with van der Waals surface area (Å²) >= 11 is 0. The molecule has 0 aromatic heterocycles. The Bertz CT molecular complexity index is 922. The van der Waals surface area contributed by atoms with E-state index in [1.807, 2.05) is 43.3 Å². The van der Waals surface area contributed by atoms with Crippen LogP contribution in [0.5, 0.6) is 0 Å². The second kappa shape index (κ2) is 9.54. The molecule has 1 heterocycles. The molecule has 1 saturated carbocycles. The lowest BCUT2D eigenvalue weighted by molar-refractivity contribution is -0.117. The van der Waals surface area contributed by atoms with Crippen LogP contribution in [0.3, 0.4) is 0 Å². The molecule has 2 N–H and O–H groups in total. The van der Waals surface area contributed by atoms with Crippen molar-refractivity contribution in [3.05, 3.63) is 59.7 Å². The topological polar surface area (TPSA) is 61.4 Å². The summed E-state index contributed by atoms with van der Waals surface area (Å²) in [5, 5.41) is 6.15. The van der Waals surface area contributed by atoms with Crippen LogP contribution in [0.25, 0.3) is 0 Å². The lowest BCUT2D eigenvalue weighted by Gasteiger charge is -2.31. The molecule has 31 heavy (non-hydrogen) atoms. The Balaban J connectivity index is 1.51. The molecule has 2 fully saturated rings. The van der Waals surface area contributed by atoms with Crippen LogP contribution in [-0.4, -0.2) is 30.9 Å². The minimum absolute atomic E-state index is 0.00145. The number of nitrogens with zero attached hydrogens (tertiary/aromatic N) is 1. The Morgan fingerprint density at radius 3 is 2.52 bits per heavy atom. The number of carbonyl (C=O) groups excluding carboxylic acids is 2. The summed E-state index contributed by atoms with van der Waals surface area (Å²) in [6, 6.07) is 16.1. The van der Waals surface area contributed by atoms with Gasteiger partial charge in [-0.2, -0.15) is 0 Å². The van der Waals surface area contributed by atoms with Gasteiger partial charge < -0.3 is 15.5 Å². The van der Waals surface area contributed by atoms with E-state index in [2.05, 4.69) is 34.6 Å². The molecule has 3 atom stereocenters. The first kappa shape index (κ1) is 21.4. The van der Waals surface area contributed by atoms with Crippen LogP contribution in [0, 0.1) is 5.92 Å². The second-order valence-corrected chi connectivity index (χ2v) is 8.91. The van der Waals surface area contributed by atoms with Crippen LogP contribution < -0.4 is 15.5 Å². The van der Waals surface area contributed by atoms with Crippen molar-refractivity contribution in [2.45, 2.75) is 57.9 Å². The fourth-order valence-electron chi connectivity index (χ4n) is 4.40. The van der Waals surface area contributed by atoms with Crippen LogP contribution in [0.15, 0.2) is 48.5 Å². The standard InChI is InChI=1S/C26H33N3O2/c1-3-18(2)27-26(31)23-16-20(12-13-24(23)29-14-8-5-9-15-29)28-25(30)22-17-21(22)19-10-6-4-7-11-19/h4,6-7,10-13,16,18,21-22H,3,5,8-9,14-15,17H2,1-2H3,(H,27,31)(H,28,30). The fraction of sp³-hybridized carbons (Fsp3) is 0.462. The predicted molar refractivity (Wildman–Crippen MR) is 126 cm³/mol. The van der Waals surface area contributed by atoms with E-state index in [0.29, 0.717) is 17.2 Å². The lowest BCUT2D eigenvalue weighted by atomic mass is 10.0. The van der Waals surface area contributed by atoms with Gasteiger partial charge in [-0.05, 0) is 68.7 Å². The molecule has 2 aromatic rings. The smallest absolute Gasteiger partial charge is 0.253 e. The summed E-state index contributed by atoms with van der Waals surface area (Å²) < 4.78 is 0. The van der Waals surface area contributed by atoms with Crippen LogP contribution in [0.2, 0.25) is 0 Å². The van der Waals surface area contributed by atoms with Gasteiger partial charge in [-0.15, -0.1) is 0 Å². The van der Waals surface area contributed by atoms with Crippen molar-refractivity contribution in [2.75, 3.05) is 23.3 Å². The molecule has 1 saturated heterocycles. The quantitative estimate of drug-likeness (QED) is 0.668. The molecule has 164 valence electrons. The molecule has 5 nitrogen and oxygen atoms in total. The molecule has 5 heteroatoms. The summed E-state index contributed by atoms with van der Waals surface area (Å²) in [6.07, 6.45) is 5.29. The third kappa shape index (κ3) is 5.09. The third-order valence-electron chi connectivity index (χ3n) is 6.55. The maximum absolute atomic E-state index is 13.0. The SMILES string of the molecule is CCC(C)NC(=O)c1cc(NC(=O)C2CC2c2ccccc2)ccc1N1CCCCC1. The first-order valence-corrected chi connectivity index (χ1v) is 11.6. The zero-order valence-corrected chi connectivity index (χ0v) is 18.6. The van der Waals surface area contributed by atoms with Crippen molar-refractivity contribution in [3.63, 3.8) is 0 Å². The highest BCUT2D eigenvalue weighted by molar-refractivity contribution is 6.02. The van der Waals surface area contributed by atoms with Gasteiger partial charge in [0.05, 0.1) is 5.56 Å². The minimum atomic E-state index is -0.0698. The molecule has 3 unspecified atom stereocenters. The molecule has 1 aliphatic carbocycles. The van der Waals surface area contributed by atoms with Crippen LogP contribution in [-0.2, 0) is 4.79 Å². The number of nitrogens with one attached hydrogen (secondary N) is 2. The van der Waals surface area contributed by atoms with Gasteiger partial charge in [0.1, 0.15) is 0 Å². The average Bonchev–Trinajstić information content (AvgIpc) is 3.61. The van der Waals surface area contributed by atoms with E-state index in [9.17, 15) is 9.59 Å². The van der Waals surface area contributed by atoms with Gasteiger partial charge in [0.25, 0.3) is 5.91 Å². The lowest BCUT2D eigenvalue weighted by Crippen LogP contribution is -2.35. The predicted octanol–water partition coefficient (Wildman–Crippen LogP) is 4.95. The summed E-state index contributed by atoms with van der Waals surface area (Å²) in [6.45, 7) is 6.01. The molecule has 0 spiro atoms. The zero-order chi connectivity index (χ0) is 21.8. The number of amides is 2. The van der Waals surface area contributed by atoms with Gasteiger partial charge in [-0.25, -0.2) is 0 Å². The normalized spacial score (nSPS) is 21.3. The first-order chi connectivity index (χ1) is 15.1. The van der Waals surface area contributed by atoms with E-state index >= 15 is 0 Å². The summed E-state index contributed by atoms with van der Waals surface area (Å²) in [5.74, 6) is 0.260. The number of carbonyl (C=O) groups is 2. The van der Waals surface area contributed by atoms with Crippen LogP contribution in [0.1, 0.15) is 67.8 Å². The maximum Gasteiger partial charge on any atom is 0.253 e. The van der Waals surface area contributed by atoms with Crippen molar-refractivity contribution < 1.29 is 9.59 Å². The second-order valence-electron chi connectivity index (χ2n) is 8.91. The zero-order valence-electron chi connectivity index (χ0n) is 18.6. The van der Waals surface area contributed by atoms with Gasteiger partial charge in [0.15, 0.2) is 0 Å². The van der Waals surface area contributed by atoms with E-state index < -0.39 is 0 Å². The Morgan fingerprint density at radius 1 is 1.06 bits per heavy atom. The maximum atomic E-state index is 13.0. The van der Waals surface area contributed by atoms with Gasteiger partial charge in [-0.1, -0.05) is 37.3 Å².